The Labute approximate surface area is 164 Å². The van der Waals surface area contributed by atoms with Gasteiger partial charge in [-0.25, -0.2) is 28.1 Å². The van der Waals surface area contributed by atoms with Crippen LogP contribution >= 0.6 is 11.3 Å². The van der Waals surface area contributed by atoms with E-state index < -0.39 is 23.6 Å². The van der Waals surface area contributed by atoms with Crippen LogP contribution in [0, 0.1) is 6.92 Å². The summed E-state index contributed by atoms with van der Waals surface area (Å²) in [4.78, 5) is 51.1. The van der Waals surface area contributed by atoms with Gasteiger partial charge >= 0.3 is 17.1 Å². The first-order valence-electron chi connectivity index (χ1n) is 8.58. The molecule has 144 valence electrons. The fourth-order valence-electron chi connectivity index (χ4n) is 3.04. The highest BCUT2D eigenvalue weighted by atomic mass is 32.1. The van der Waals surface area contributed by atoms with Gasteiger partial charge < -0.3 is 0 Å². The second-order valence-electron chi connectivity index (χ2n) is 6.21. The minimum atomic E-state index is -0.831. The van der Waals surface area contributed by atoms with Crippen LogP contribution < -0.4 is 17.1 Å². The lowest BCUT2D eigenvalue weighted by atomic mass is 10.1. The van der Waals surface area contributed by atoms with Crippen molar-refractivity contribution in [3.63, 3.8) is 0 Å². The molecule has 3 rings (SSSR count). The predicted molar refractivity (Wildman–Crippen MR) is 111 cm³/mol. The van der Waals surface area contributed by atoms with Crippen LogP contribution in [0.15, 0.2) is 64.0 Å². The second kappa shape index (κ2) is 7.77. The van der Waals surface area contributed by atoms with Crippen LogP contribution in [0.1, 0.15) is 15.2 Å². The fourth-order valence-corrected chi connectivity index (χ4v) is 4.18. The molecule has 1 aromatic carbocycles. The first kappa shape index (κ1) is 19.5. The van der Waals surface area contributed by atoms with E-state index in [0.29, 0.717) is 4.88 Å². The number of carbonyl (C=O) groups is 1. The van der Waals surface area contributed by atoms with Gasteiger partial charge in [-0.05, 0) is 23.9 Å². The van der Waals surface area contributed by atoms with Gasteiger partial charge in [-0.15, -0.1) is 24.5 Å². The zero-order chi connectivity index (χ0) is 20.4. The van der Waals surface area contributed by atoms with Gasteiger partial charge in [0.2, 0.25) is 0 Å². The molecule has 0 saturated carbocycles. The van der Waals surface area contributed by atoms with Crippen molar-refractivity contribution >= 4 is 27.2 Å². The Kier molecular flexibility index (Phi) is 5.41. The van der Waals surface area contributed by atoms with E-state index in [1.54, 1.807) is 0 Å². The van der Waals surface area contributed by atoms with Crippen molar-refractivity contribution in [1.29, 1.82) is 0 Å². The molecule has 0 aliphatic rings. The lowest BCUT2D eigenvalue weighted by Gasteiger charge is -2.11. The minimum Gasteiger partial charge on any atom is -0.291 e. The number of nitrogens with zero attached hydrogens (tertiary/aromatic N) is 3. The van der Waals surface area contributed by atoms with Crippen molar-refractivity contribution in [2.24, 2.45) is 0 Å². The van der Waals surface area contributed by atoms with Crippen LogP contribution in [0.5, 0.6) is 0 Å². The molecule has 0 saturated heterocycles. The Morgan fingerprint density at radius 1 is 0.964 bits per heavy atom. The molecule has 0 aliphatic carbocycles. The highest BCUT2D eigenvalue weighted by Crippen LogP contribution is 2.30. The largest absolute Gasteiger partial charge is 0.337 e. The Balaban J connectivity index is 2.14. The number of carbonyl (C=O) groups excluding carboxylic acids is 1. The van der Waals surface area contributed by atoms with E-state index in [1.165, 1.54) is 23.5 Å². The van der Waals surface area contributed by atoms with Gasteiger partial charge in [0, 0.05) is 4.70 Å². The van der Waals surface area contributed by atoms with Crippen LogP contribution in [-0.2, 0) is 19.6 Å². The van der Waals surface area contributed by atoms with Crippen molar-refractivity contribution in [1.82, 2.24) is 13.7 Å². The number of allylic oxidation sites excluding steroid dienone is 2. The summed E-state index contributed by atoms with van der Waals surface area (Å²) < 4.78 is 3.50. The molecule has 0 fully saturated rings. The SMILES string of the molecule is C=CCn1c(=O)n(CC=C)c(=O)n(CC(=O)c2sc3ccccc3c2C)c1=O. The molecular weight excluding hydrogens is 378 g/mol. The van der Waals surface area contributed by atoms with Gasteiger partial charge in [0.1, 0.15) is 0 Å². The molecule has 0 atom stereocenters. The first-order valence-corrected chi connectivity index (χ1v) is 9.40. The van der Waals surface area contributed by atoms with Crippen molar-refractivity contribution in [2.45, 2.75) is 26.6 Å². The van der Waals surface area contributed by atoms with E-state index in [4.69, 9.17) is 0 Å². The molecule has 0 aliphatic heterocycles. The lowest BCUT2D eigenvalue weighted by molar-refractivity contribution is 0.0970. The third kappa shape index (κ3) is 3.22. The Bertz CT molecular complexity index is 1230. The average molecular weight is 397 g/mol. The monoisotopic (exact) mass is 397 g/mol. The van der Waals surface area contributed by atoms with Crippen molar-refractivity contribution in [3.8, 4) is 0 Å². The summed E-state index contributed by atoms with van der Waals surface area (Å²) in [6.07, 6.45) is 2.77. The van der Waals surface area contributed by atoms with Crippen LogP contribution in [-0.4, -0.2) is 19.5 Å². The number of ketones is 1. The molecule has 8 heteroatoms. The number of fused-ring (bicyclic) bond motifs is 1. The summed E-state index contributed by atoms with van der Waals surface area (Å²) in [6.45, 7) is 8.32. The Morgan fingerprint density at radius 2 is 1.50 bits per heavy atom. The second-order valence-corrected chi connectivity index (χ2v) is 7.26. The summed E-state index contributed by atoms with van der Waals surface area (Å²) in [5.74, 6) is -0.355. The molecular formula is C20H19N3O4S. The Morgan fingerprint density at radius 3 is 2.04 bits per heavy atom. The van der Waals surface area contributed by atoms with E-state index in [2.05, 4.69) is 13.2 Å². The van der Waals surface area contributed by atoms with Gasteiger partial charge in [-0.2, -0.15) is 0 Å². The van der Waals surface area contributed by atoms with E-state index in [0.717, 1.165) is 29.4 Å². The van der Waals surface area contributed by atoms with Crippen molar-refractivity contribution < 1.29 is 4.79 Å². The quantitative estimate of drug-likeness (QED) is 0.451. The summed E-state index contributed by atoms with van der Waals surface area (Å²) in [5.41, 5.74) is -1.61. The highest BCUT2D eigenvalue weighted by Gasteiger charge is 2.20. The maximum atomic E-state index is 12.9. The fraction of sp³-hybridized carbons (Fsp3) is 0.200. The van der Waals surface area contributed by atoms with E-state index >= 15 is 0 Å². The lowest BCUT2D eigenvalue weighted by Crippen LogP contribution is -2.55. The molecule has 28 heavy (non-hydrogen) atoms. The number of thiophene rings is 1. The maximum absolute atomic E-state index is 12.9. The standard InChI is InChI=1S/C20H19N3O4S/c1-4-10-21-18(25)22(11-5-2)20(27)23(19(21)26)12-15(24)17-13(3)14-8-6-7-9-16(14)28-17/h4-9H,1-2,10-12H2,3H3. The molecule has 0 spiro atoms. The number of rotatable bonds is 7. The topological polar surface area (TPSA) is 83.1 Å². The van der Waals surface area contributed by atoms with Crippen molar-refractivity contribution in [2.75, 3.05) is 0 Å². The van der Waals surface area contributed by atoms with Gasteiger partial charge in [-0.1, -0.05) is 30.4 Å². The summed E-state index contributed by atoms with van der Waals surface area (Å²) >= 11 is 1.32. The number of hydrogen-bond acceptors (Lipinski definition) is 5. The van der Waals surface area contributed by atoms with Crippen LogP contribution in [0.3, 0.4) is 0 Å². The molecule has 0 amide bonds. The Hall–Kier alpha value is -3.26. The first-order chi connectivity index (χ1) is 13.4. The van der Waals surface area contributed by atoms with Gasteiger partial charge in [0.25, 0.3) is 0 Å². The molecule has 0 unspecified atom stereocenters. The zero-order valence-corrected chi connectivity index (χ0v) is 16.2. The van der Waals surface area contributed by atoms with Crippen LogP contribution in [0.25, 0.3) is 10.1 Å². The van der Waals surface area contributed by atoms with Crippen LogP contribution in [0.4, 0.5) is 0 Å². The van der Waals surface area contributed by atoms with Crippen LogP contribution in [0.2, 0.25) is 0 Å². The van der Waals surface area contributed by atoms with E-state index in [1.807, 2.05) is 31.2 Å². The summed E-state index contributed by atoms with van der Waals surface area (Å²) in [5, 5.41) is 0.962. The summed E-state index contributed by atoms with van der Waals surface area (Å²) in [6, 6.07) is 7.61. The molecule has 0 bridgehead atoms. The van der Waals surface area contributed by atoms with E-state index in [-0.39, 0.29) is 18.9 Å². The molecule has 0 radical (unpaired) electrons. The summed E-state index contributed by atoms with van der Waals surface area (Å²) in [7, 11) is 0. The number of aryl methyl sites for hydroxylation is 1. The molecule has 0 N–H and O–H groups in total. The van der Waals surface area contributed by atoms with E-state index in [9.17, 15) is 19.2 Å². The highest BCUT2D eigenvalue weighted by molar-refractivity contribution is 7.21. The third-order valence-electron chi connectivity index (χ3n) is 4.41. The number of Topliss-reactive ketones (excluding diaryl/α,β-unsaturated/α-hetero) is 1. The zero-order valence-electron chi connectivity index (χ0n) is 15.4. The minimum absolute atomic E-state index is 0.0643. The van der Waals surface area contributed by atoms with Gasteiger partial charge in [0.05, 0.1) is 24.5 Å². The van der Waals surface area contributed by atoms with Gasteiger partial charge in [-0.3, -0.25) is 4.79 Å². The average Bonchev–Trinajstić information content (AvgIpc) is 3.03. The van der Waals surface area contributed by atoms with Gasteiger partial charge in [0.15, 0.2) is 5.78 Å². The number of hydrogen-bond donors (Lipinski definition) is 0. The normalized spacial score (nSPS) is 10.9. The molecule has 3 aromatic rings. The number of benzene rings is 1. The molecule has 2 aromatic heterocycles. The number of aromatic nitrogens is 3. The molecule has 2 heterocycles. The predicted octanol–water partition coefficient (Wildman–Crippen LogP) is 1.95. The maximum Gasteiger partial charge on any atom is 0.337 e. The third-order valence-corrected chi connectivity index (χ3v) is 5.72. The molecule has 7 nitrogen and oxygen atoms in total. The smallest absolute Gasteiger partial charge is 0.291 e. The van der Waals surface area contributed by atoms with Crippen molar-refractivity contribution in [3.05, 3.63) is 91.5 Å².